The predicted molar refractivity (Wildman–Crippen MR) is 112 cm³/mol. The molecule has 0 saturated heterocycles. The molecule has 0 bridgehead atoms. The fourth-order valence-electron chi connectivity index (χ4n) is 3.85. The van der Waals surface area contributed by atoms with Crippen molar-refractivity contribution in [1.29, 1.82) is 0 Å². The van der Waals surface area contributed by atoms with Gasteiger partial charge in [-0.3, -0.25) is 9.59 Å². The van der Waals surface area contributed by atoms with E-state index in [2.05, 4.69) is 15.6 Å². The zero-order valence-electron chi connectivity index (χ0n) is 16.4. The van der Waals surface area contributed by atoms with E-state index < -0.39 is 0 Å². The first-order valence-electron chi connectivity index (χ1n) is 9.57. The van der Waals surface area contributed by atoms with Crippen LogP contribution in [-0.2, 0) is 22.4 Å². The third-order valence-electron chi connectivity index (χ3n) is 5.29. The first-order valence-corrected chi connectivity index (χ1v) is 9.57. The molecular formula is C23H22FN3O2. The topological polar surface area (TPSA) is 74.0 Å². The molecule has 2 heterocycles. The summed E-state index contributed by atoms with van der Waals surface area (Å²) in [7, 11) is 0. The Morgan fingerprint density at radius 1 is 1.24 bits per heavy atom. The second-order valence-corrected chi connectivity index (χ2v) is 7.36. The Bertz CT molecular complexity index is 1160. The molecule has 0 aliphatic carbocycles. The first-order chi connectivity index (χ1) is 13.9. The van der Waals surface area contributed by atoms with Gasteiger partial charge in [0.05, 0.1) is 11.9 Å². The number of hydrogen-bond donors (Lipinski definition) is 3. The number of benzene rings is 2. The van der Waals surface area contributed by atoms with Gasteiger partial charge in [0.15, 0.2) is 0 Å². The summed E-state index contributed by atoms with van der Waals surface area (Å²) in [6.45, 7) is 4.33. The van der Waals surface area contributed by atoms with Crippen molar-refractivity contribution in [2.24, 2.45) is 0 Å². The highest BCUT2D eigenvalue weighted by molar-refractivity contribution is 5.99. The van der Waals surface area contributed by atoms with Crippen LogP contribution in [0.4, 0.5) is 10.1 Å². The van der Waals surface area contributed by atoms with Crippen LogP contribution in [0.2, 0.25) is 0 Å². The summed E-state index contributed by atoms with van der Waals surface area (Å²) in [4.78, 5) is 26.7. The highest BCUT2D eigenvalue weighted by Gasteiger charge is 2.17. The minimum Gasteiger partial charge on any atom is -0.356 e. The molecule has 0 radical (unpaired) electrons. The van der Waals surface area contributed by atoms with E-state index in [1.54, 1.807) is 12.1 Å². The molecule has 0 unspecified atom stereocenters. The lowest BCUT2D eigenvalue weighted by Crippen LogP contribution is -2.23. The second kappa shape index (κ2) is 7.54. The van der Waals surface area contributed by atoms with Gasteiger partial charge in [-0.2, -0.15) is 0 Å². The zero-order valence-corrected chi connectivity index (χ0v) is 16.4. The number of amides is 2. The highest BCUT2D eigenvalue weighted by atomic mass is 19.1. The Morgan fingerprint density at radius 2 is 2.07 bits per heavy atom. The molecule has 29 heavy (non-hydrogen) atoms. The summed E-state index contributed by atoms with van der Waals surface area (Å²) in [5.41, 5.74) is 6.11. The van der Waals surface area contributed by atoms with E-state index in [0.717, 1.165) is 39.0 Å². The van der Waals surface area contributed by atoms with E-state index in [1.807, 2.05) is 32.0 Å². The van der Waals surface area contributed by atoms with E-state index in [0.29, 0.717) is 24.9 Å². The number of carbonyl (C=O) groups excluding carboxylic acids is 2. The van der Waals surface area contributed by atoms with Crippen molar-refractivity contribution in [3.8, 4) is 0 Å². The fourth-order valence-corrected chi connectivity index (χ4v) is 3.85. The molecule has 4 rings (SSSR count). The summed E-state index contributed by atoms with van der Waals surface area (Å²) in [6.07, 6.45) is 4.20. The second-order valence-electron chi connectivity index (χ2n) is 7.36. The van der Waals surface area contributed by atoms with Gasteiger partial charge in [0, 0.05) is 29.4 Å². The minimum atomic E-state index is -0.266. The lowest BCUT2D eigenvalue weighted by Gasteiger charge is -2.05. The molecule has 0 spiro atoms. The van der Waals surface area contributed by atoms with Gasteiger partial charge in [0.1, 0.15) is 5.82 Å². The molecule has 2 aromatic carbocycles. The Kier molecular flexibility index (Phi) is 4.92. The number of aromatic amines is 1. The number of nitrogens with one attached hydrogen (secondary N) is 3. The summed E-state index contributed by atoms with van der Waals surface area (Å²) in [5, 5.41) is 6.56. The van der Waals surface area contributed by atoms with Crippen molar-refractivity contribution in [1.82, 2.24) is 10.3 Å². The van der Waals surface area contributed by atoms with Gasteiger partial charge in [-0.25, -0.2) is 4.39 Å². The SMILES string of the molecule is Cc1[nH]c2c(F)ccc(C)c2c1CCNC(=O)/C=C/c1ccc2c(c1)CC(=O)N2. The third-order valence-corrected chi connectivity index (χ3v) is 5.29. The van der Waals surface area contributed by atoms with Gasteiger partial charge in [-0.1, -0.05) is 12.1 Å². The third kappa shape index (κ3) is 3.78. The largest absolute Gasteiger partial charge is 0.356 e. The van der Waals surface area contributed by atoms with Crippen molar-refractivity contribution in [2.45, 2.75) is 26.7 Å². The van der Waals surface area contributed by atoms with Gasteiger partial charge >= 0.3 is 0 Å². The van der Waals surface area contributed by atoms with Crippen molar-refractivity contribution in [2.75, 3.05) is 11.9 Å². The zero-order chi connectivity index (χ0) is 20.5. The summed E-state index contributed by atoms with van der Waals surface area (Å²) in [5.74, 6) is -0.472. The van der Waals surface area contributed by atoms with Crippen molar-refractivity contribution in [3.63, 3.8) is 0 Å². The summed E-state index contributed by atoms with van der Waals surface area (Å²) in [6, 6.07) is 8.86. The molecule has 148 valence electrons. The number of rotatable bonds is 5. The number of anilines is 1. The Balaban J connectivity index is 1.39. The molecule has 0 atom stereocenters. The predicted octanol–water partition coefficient (Wildman–Crippen LogP) is 3.79. The van der Waals surface area contributed by atoms with Gasteiger partial charge < -0.3 is 15.6 Å². The van der Waals surface area contributed by atoms with Crippen LogP contribution in [0.1, 0.15) is 27.9 Å². The molecule has 2 amide bonds. The van der Waals surface area contributed by atoms with Crippen LogP contribution in [0.15, 0.2) is 36.4 Å². The van der Waals surface area contributed by atoms with Gasteiger partial charge in [-0.15, -0.1) is 0 Å². The molecule has 5 nitrogen and oxygen atoms in total. The maximum absolute atomic E-state index is 14.0. The maximum atomic E-state index is 14.0. The maximum Gasteiger partial charge on any atom is 0.244 e. The van der Waals surface area contributed by atoms with Gasteiger partial charge in [0.25, 0.3) is 0 Å². The number of carbonyl (C=O) groups is 2. The monoisotopic (exact) mass is 391 g/mol. The highest BCUT2D eigenvalue weighted by Crippen LogP contribution is 2.28. The van der Waals surface area contributed by atoms with Crippen LogP contribution in [0.3, 0.4) is 0 Å². The first kappa shape index (κ1) is 18.9. The Hall–Kier alpha value is -3.41. The molecule has 3 N–H and O–H groups in total. The van der Waals surface area contributed by atoms with Crippen LogP contribution in [0.5, 0.6) is 0 Å². The molecular weight excluding hydrogens is 369 g/mol. The van der Waals surface area contributed by atoms with E-state index in [9.17, 15) is 14.0 Å². The smallest absolute Gasteiger partial charge is 0.244 e. The molecule has 0 fully saturated rings. The van der Waals surface area contributed by atoms with Crippen LogP contribution in [-0.4, -0.2) is 23.3 Å². The van der Waals surface area contributed by atoms with Crippen molar-refractivity contribution in [3.05, 3.63) is 70.2 Å². The molecule has 0 saturated carbocycles. The average molecular weight is 391 g/mol. The van der Waals surface area contributed by atoms with E-state index in [4.69, 9.17) is 0 Å². The summed E-state index contributed by atoms with van der Waals surface area (Å²) >= 11 is 0. The van der Waals surface area contributed by atoms with Crippen LogP contribution >= 0.6 is 0 Å². The fraction of sp³-hybridized carbons (Fsp3) is 0.217. The van der Waals surface area contributed by atoms with E-state index in [-0.39, 0.29) is 17.6 Å². The van der Waals surface area contributed by atoms with Gasteiger partial charge in [0.2, 0.25) is 11.8 Å². The molecule has 1 aliphatic rings. The van der Waals surface area contributed by atoms with Crippen LogP contribution < -0.4 is 10.6 Å². The molecule has 1 aromatic heterocycles. The lowest BCUT2D eigenvalue weighted by atomic mass is 10.0. The minimum absolute atomic E-state index is 0.0124. The number of hydrogen-bond acceptors (Lipinski definition) is 2. The standard InChI is InChI=1S/C23H22FN3O2/c1-13-3-6-18(24)23-22(13)17(14(2)26-23)9-10-25-20(28)8-5-15-4-7-19-16(11-15)12-21(29)27-19/h3-8,11,26H,9-10,12H2,1-2H3,(H,25,28)(H,27,29)/b8-5+. The normalized spacial score (nSPS) is 13.1. The molecule has 3 aromatic rings. The van der Waals surface area contributed by atoms with Crippen LogP contribution in [0.25, 0.3) is 17.0 Å². The molecule has 1 aliphatic heterocycles. The number of H-pyrrole nitrogens is 1. The average Bonchev–Trinajstić information content (AvgIpc) is 3.22. The van der Waals surface area contributed by atoms with Gasteiger partial charge in [-0.05, 0) is 66.8 Å². The lowest BCUT2D eigenvalue weighted by molar-refractivity contribution is -0.116. The molecule has 6 heteroatoms. The quantitative estimate of drug-likeness (QED) is 0.579. The number of aryl methyl sites for hydroxylation is 2. The number of halogens is 1. The number of fused-ring (bicyclic) bond motifs is 2. The van der Waals surface area contributed by atoms with Crippen molar-refractivity contribution < 1.29 is 14.0 Å². The van der Waals surface area contributed by atoms with Crippen molar-refractivity contribution >= 4 is 34.5 Å². The Morgan fingerprint density at radius 3 is 2.90 bits per heavy atom. The summed E-state index contributed by atoms with van der Waals surface area (Å²) < 4.78 is 14.0. The van der Waals surface area contributed by atoms with Crippen LogP contribution in [0, 0.1) is 19.7 Å². The van der Waals surface area contributed by atoms with E-state index in [1.165, 1.54) is 12.1 Å². The Labute approximate surface area is 168 Å². The van der Waals surface area contributed by atoms with E-state index >= 15 is 0 Å². The number of aromatic nitrogens is 1.